The number of carbonyl (C=O) groups is 1. The summed E-state index contributed by atoms with van der Waals surface area (Å²) in [7, 11) is 0. The number of nitrogens with zero attached hydrogens (tertiary/aromatic N) is 2. The number of aromatic nitrogens is 2. The minimum Gasteiger partial charge on any atom is -0.396 e. The van der Waals surface area contributed by atoms with Crippen molar-refractivity contribution >= 4 is 11.7 Å². The van der Waals surface area contributed by atoms with Crippen LogP contribution in [0.2, 0.25) is 0 Å². The summed E-state index contributed by atoms with van der Waals surface area (Å²) >= 11 is 0. The topological polar surface area (TPSA) is 87.1 Å². The van der Waals surface area contributed by atoms with Gasteiger partial charge in [0.15, 0.2) is 0 Å². The first-order chi connectivity index (χ1) is 10.2. The van der Waals surface area contributed by atoms with Crippen LogP contribution in [0.1, 0.15) is 50.3 Å². The van der Waals surface area contributed by atoms with E-state index in [9.17, 15) is 4.79 Å². The Morgan fingerprint density at radius 2 is 1.81 bits per heavy atom. The number of rotatable bonds is 4. The Balaban J connectivity index is 1.45. The molecule has 2 fully saturated rings. The van der Waals surface area contributed by atoms with Gasteiger partial charge < -0.3 is 15.7 Å². The maximum atomic E-state index is 11.9. The average Bonchev–Trinajstić information content (AvgIpc) is 3.33. The molecule has 2 aliphatic carbocycles. The van der Waals surface area contributed by atoms with Gasteiger partial charge in [0.2, 0.25) is 0 Å². The van der Waals surface area contributed by atoms with Gasteiger partial charge in [-0.3, -0.25) is 0 Å². The van der Waals surface area contributed by atoms with Crippen molar-refractivity contribution in [2.24, 2.45) is 5.92 Å². The fourth-order valence-corrected chi connectivity index (χ4v) is 2.80. The van der Waals surface area contributed by atoms with Crippen LogP contribution < -0.4 is 10.6 Å². The zero-order valence-electron chi connectivity index (χ0n) is 12.1. The highest BCUT2D eigenvalue weighted by Gasteiger charge is 2.26. The van der Waals surface area contributed by atoms with E-state index >= 15 is 0 Å². The van der Waals surface area contributed by atoms with Crippen molar-refractivity contribution in [3.63, 3.8) is 0 Å². The van der Waals surface area contributed by atoms with Gasteiger partial charge in [-0.2, -0.15) is 0 Å². The summed E-state index contributed by atoms with van der Waals surface area (Å²) < 4.78 is 0. The molecule has 3 rings (SSSR count). The molecule has 0 radical (unpaired) electrons. The molecule has 1 aromatic rings. The molecule has 21 heavy (non-hydrogen) atoms. The lowest BCUT2D eigenvalue weighted by atomic mass is 9.87. The van der Waals surface area contributed by atoms with E-state index in [1.165, 1.54) is 12.8 Å². The summed E-state index contributed by atoms with van der Waals surface area (Å²) in [6.07, 6.45) is 9.48. The third-order valence-electron chi connectivity index (χ3n) is 4.31. The molecular weight excluding hydrogens is 268 g/mol. The standard InChI is InChI=1S/C15H22N4O2/c20-9-10-1-5-12(6-2-10)18-15(21)19-13-7-16-14(17-8-13)11-3-4-11/h7-8,10-12,20H,1-6,9H2,(H2,18,19,21). The molecule has 0 aliphatic heterocycles. The molecule has 0 unspecified atom stereocenters. The predicted molar refractivity (Wildman–Crippen MR) is 79.0 cm³/mol. The largest absolute Gasteiger partial charge is 0.396 e. The molecule has 3 N–H and O–H groups in total. The van der Waals surface area contributed by atoms with Crippen LogP contribution >= 0.6 is 0 Å². The van der Waals surface area contributed by atoms with Gasteiger partial charge in [0.25, 0.3) is 0 Å². The Morgan fingerprint density at radius 1 is 1.14 bits per heavy atom. The molecule has 0 bridgehead atoms. The molecule has 1 heterocycles. The number of aliphatic hydroxyl groups excluding tert-OH is 1. The van der Waals surface area contributed by atoms with E-state index in [-0.39, 0.29) is 18.7 Å². The number of anilines is 1. The maximum absolute atomic E-state index is 11.9. The fourth-order valence-electron chi connectivity index (χ4n) is 2.80. The number of amides is 2. The monoisotopic (exact) mass is 290 g/mol. The second-order valence-corrected chi connectivity index (χ2v) is 6.10. The molecule has 114 valence electrons. The quantitative estimate of drug-likeness (QED) is 0.791. The number of carbonyl (C=O) groups excluding carboxylic acids is 1. The Bertz CT molecular complexity index is 479. The van der Waals surface area contributed by atoms with Crippen molar-refractivity contribution in [2.75, 3.05) is 11.9 Å². The molecular formula is C15H22N4O2. The maximum Gasteiger partial charge on any atom is 0.319 e. The van der Waals surface area contributed by atoms with E-state index < -0.39 is 0 Å². The van der Waals surface area contributed by atoms with Crippen LogP contribution in [0.25, 0.3) is 0 Å². The Kier molecular flexibility index (Phi) is 4.34. The van der Waals surface area contributed by atoms with Crippen molar-refractivity contribution in [1.82, 2.24) is 15.3 Å². The molecule has 0 aromatic carbocycles. The van der Waals surface area contributed by atoms with Crippen molar-refractivity contribution in [2.45, 2.75) is 50.5 Å². The lowest BCUT2D eigenvalue weighted by Gasteiger charge is -2.27. The molecule has 2 aliphatic rings. The third-order valence-corrected chi connectivity index (χ3v) is 4.31. The van der Waals surface area contributed by atoms with Crippen LogP contribution in [0.15, 0.2) is 12.4 Å². The van der Waals surface area contributed by atoms with Gasteiger partial charge in [-0.05, 0) is 44.4 Å². The lowest BCUT2D eigenvalue weighted by molar-refractivity contribution is 0.176. The minimum atomic E-state index is -0.203. The number of aliphatic hydroxyl groups is 1. The number of nitrogens with one attached hydrogen (secondary N) is 2. The molecule has 6 nitrogen and oxygen atoms in total. The van der Waals surface area contributed by atoms with E-state index in [4.69, 9.17) is 5.11 Å². The highest BCUT2D eigenvalue weighted by Crippen LogP contribution is 2.37. The van der Waals surface area contributed by atoms with Crippen molar-refractivity contribution in [3.8, 4) is 0 Å². The molecule has 1 aromatic heterocycles. The van der Waals surface area contributed by atoms with E-state index in [2.05, 4.69) is 20.6 Å². The van der Waals surface area contributed by atoms with Gasteiger partial charge in [-0.1, -0.05) is 0 Å². The lowest BCUT2D eigenvalue weighted by Crippen LogP contribution is -2.40. The Morgan fingerprint density at radius 3 is 2.38 bits per heavy atom. The summed E-state index contributed by atoms with van der Waals surface area (Å²) in [5.74, 6) is 1.80. The summed E-state index contributed by atoms with van der Waals surface area (Å²) in [4.78, 5) is 20.5. The molecule has 0 spiro atoms. The van der Waals surface area contributed by atoms with Gasteiger partial charge in [-0.15, -0.1) is 0 Å². The highest BCUT2D eigenvalue weighted by molar-refractivity contribution is 5.89. The number of hydrogen-bond donors (Lipinski definition) is 3. The van der Waals surface area contributed by atoms with Crippen LogP contribution in [-0.4, -0.2) is 33.8 Å². The summed E-state index contributed by atoms with van der Waals surface area (Å²) in [6.45, 7) is 0.254. The SMILES string of the molecule is O=C(Nc1cnc(C2CC2)nc1)NC1CCC(CO)CC1. The van der Waals surface area contributed by atoms with Gasteiger partial charge in [0, 0.05) is 18.6 Å². The molecule has 2 saturated carbocycles. The molecule has 0 saturated heterocycles. The zero-order valence-corrected chi connectivity index (χ0v) is 12.1. The summed E-state index contributed by atoms with van der Waals surface area (Å²) in [6, 6.07) is -0.00956. The molecule has 2 amide bonds. The van der Waals surface area contributed by atoms with Crippen molar-refractivity contribution in [1.29, 1.82) is 0 Å². The van der Waals surface area contributed by atoms with E-state index in [1.807, 2.05) is 0 Å². The van der Waals surface area contributed by atoms with Gasteiger partial charge in [0.1, 0.15) is 5.82 Å². The van der Waals surface area contributed by atoms with Crippen LogP contribution in [0.5, 0.6) is 0 Å². The van der Waals surface area contributed by atoms with Crippen molar-refractivity contribution in [3.05, 3.63) is 18.2 Å². The highest BCUT2D eigenvalue weighted by atomic mass is 16.3. The first kappa shape index (κ1) is 14.3. The third kappa shape index (κ3) is 3.91. The Hall–Kier alpha value is -1.69. The normalized spacial score (nSPS) is 25.4. The zero-order chi connectivity index (χ0) is 14.7. The number of urea groups is 1. The summed E-state index contributed by atoms with van der Waals surface area (Å²) in [5, 5.41) is 14.9. The minimum absolute atomic E-state index is 0.194. The molecule has 6 heteroatoms. The van der Waals surface area contributed by atoms with Gasteiger partial charge in [0.05, 0.1) is 18.1 Å². The van der Waals surface area contributed by atoms with E-state index in [1.54, 1.807) is 12.4 Å². The van der Waals surface area contributed by atoms with E-state index in [0.717, 1.165) is 31.5 Å². The van der Waals surface area contributed by atoms with Crippen LogP contribution in [0.3, 0.4) is 0 Å². The Labute approximate surface area is 124 Å². The smallest absolute Gasteiger partial charge is 0.319 e. The summed E-state index contributed by atoms with van der Waals surface area (Å²) in [5.41, 5.74) is 0.626. The van der Waals surface area contributed by atoms with Crippen LogP contribution in [-0.2, 0) is 0 Å². The van der Waals surface area contributed by atoms with Crippen molar-refractivity contribution < 1.29 is 9.90 Å². The first-order valence-corrected chi connectivity index (χ1v) is 7.75. The van der Waals surface area contributed by atoms with Gasteiger partial charge in [-0.25, -0.2) is 14.8 Å². The predicted octanol–water partition coefficient (Wildman–Crippen LogP) is 2.03. The molecule has 0 atom stereocenters. The van der Waals surface area contributed by atoms with Crippen LogP contribution in [0, 0.1) is 5.92 Å². The second kappa shape index (κ2) is 6.39. The second-order valence-electron chi connectivity index (χ2n) is 6.10. The average molecular weight is 290 g/mol. The number of hydrogen-bond acceptors (Lipinski definition) is 4. The van der Waals surface area contributed by atoms with Gasteiger partial charge >= 0.3 is 6.03 Å². The fraction of sp³-hybridized carbons (Fsp3) is 0.667. The van der Waals surface area contributed by atoms with E-state index in [0.29, 0.717) is 17.5 Å². The van der Waals surface area contributed by atoms with Crippen LogP contribution in [0.4, 0.5) is 10.5 Å². The first-order valence-electron chi connectivity index (χ1n) is 7.75.